The van der Waals surface area contributed by atoms with Crippen molar-refractivity contribution in [3.8, 4) is 0 Å². The van der Waals surface area contributed by atoms with Gasteiger partial charge in [0.2, 0.25) is 0 Å². The van der Waals surface area contributed by atoms with Crippen molar-refractivity contribution < 1.29 is 4.39 Å². The number of anilines is 2. The fourth-order valence-corrected chi connectivity index (χ4v) is 1.76. The van der Waals surface area contributed by atoms with Gasteiger partial charge >= 0.3 is 0 Å². The minimum Gasteiger partial charge on any atom is -0.397 e. The third kappa shape index (κ3) is 3.89. The van der Waals surface area contributed by atoms with Gasteiger partial charge in [-0.25, -0.2) is 4.39 Å². The first kappa shape index (κ1) is 13.8. The molecule has 3 nitrogen and oxygen atoms in total. The van der Waals surface area contributed by atoms with E-state index < -0.39 is 0 Å². The van der Waals surface area contributed by atoms with Crippen LogP contribution in [0, 0.1) is 12.7 Å². The third-order valence-corrected chi connectivity index (χ3v) is 2.82. The molecule has 0 aliphatic heterocycles. The normalized spacial score (nSPS) is 10.9. The lowest BCUT2D eigenvalue weighted by Gasteiger charge is -2.22. The number of nitrogen functional groups attached to an aromatic ring is 1. The molecule has 1 aromatic rings. The van der Waals surface area contributed by atoms with Crippen molar-refractivity contribution >= 4 is 11.4 Å². The molecule has 4 heteroatoms. The Balaban J connectivity index is 2.68. The smallest absolute Gasteiger partial charge is 0.128 e. The van der Waals surface area contributed by atoms with Gasteiger partial charge in [-0.15, -0.1) is 0 Å². The molecule has 0 aliphatic carbocycles. The number of hydrogen-bond donors (Lipinski definition) is 1. The van der Waals surface area contributed by atoms with E-state index in [1.54, 1.807) is 13.0 Å². The Morgan fingerprint density at radius 3 is 2.41 bits per heavy atom. The van der Waals surface area contributed by atoms with Crippen LogP contribution < -0.4 is 10.6 Å². The summed E-state index contributed by atoms with van der Waals surface area (Å²) in [6, 6.07) is 3.20. The molecular formula is C13H22FN3. The van der Waals surface area contributed by atoms with E-state index in [2.05, 4.69) is 23.9 Å². The van der Waals surface area contributed by atoms with Crippen LogP contribution in [0.15, 0.2) is 12.1 Å². The van der Waals surface area contributed by atoms with Gasteiger partial charge < -0.3 is 15.5 Å². The molecule has 1 rings (SSSR count). The highest BCUT2D eigenvalue weighted by molar-refractivity contribution is 5.68. The predicted octanol–water partition coefficient (Wildman–Crippen LogP) is 2.10. The first-order valence-corrected chi connectivity index (χ1v) is 5.83. The maximum atomic E-state index is 13.3. The van der Waals surface area contributed by atoms with Crippen LogP contribution in [-0.4, -0.2) is 39.1 Å². The molecular weight excluding hydrogens is 217 g/mol. The third-order valence-electron chi connectivity index (χ3n) is 2.82. The molecule has 0 saturated heterocycles. The minimum absolute atomic E-state index is 0.243. The molecule has 1 aromatic carbocycles. The quantitative estimate of drug-likeness (QED) is 0.799. The second kappa shape index (κ2) is 5.87. The van der Waals surface area contributed by atoms with Crippen LogP contribution in [0.25, 0.3) is 0 Å². The average Bonchev–Trinajstić information content (AvgIpc) is 2.22. The fourth-order valence-electron chi connectivity index (χ4n) is 1.76. The van der Waals surface area contributed by atoms with Gasteiger partial charge in [0.1, 0.15) is 5.82 Å². The summed E-state index contributed by atoms with van der Waals surface area (Å²) in [6.07, 6.45) is 1.05. The number of benzene rings is 1. The van der Waals surface area contributed by atoms with Gasteiger partial charge in [-0.05, 0) is 51.7 Å². The van der Waals surface area contributed by atoms with E-state index in [4.69, 9.17) is 5.73 Å². The number of aryl methyl sites for hydroxylation is 1. The summed E-state index contributed by atoms with van der Waals surface area (Å²) >= 11 is 0. The molecule has 2 N–H and O–H groups in total. The maximum absolute atomic E-state index is 13.3. The van der Waals surface area contributed by atoms with Crippen LogP contribution in [0.3, 0.4) is 0 Å². The van der Waals surface area contributed by atoms with E-state index >= 15 is 0 Å². The molecule has 0 amide bonds. The lowest BCUT2D eigenvalue weighted by molar-refractivity contribution is 0.401. The molecule has 0 aliphatic rings. The molecule has 96 valence electrons. The standard InChI is InChI=1S/C13H22FN3/c1-10-8-13(12(15)9-11(10)14)17(4)7-5-6-16(2)3/h8-9H,5-7,15H2,1-4H3. The van der Waals surface area contributed by atoms with Crippen LogP contribution >= 0.6 is 0 Å². The van der Waals surface area contributed by atoms with Crippen LogP contribution in [-0.2, 0) is 0 Å². The van der Waals surface area contributed by atoms with Crippen molar-refractivity contribution in [2.24, 2.45) is 0 Å². The lowest BCUT2D eigenvalue weighted by Crippen LogP contribution is -2.24. The lowest BCUT2D eigenvalue weighted by atomic mass is 10.1. The number of rotatable bonds is 5. The molecule has 0 unspecified atom stereocenters. The van der Waals surface area contributed by atoms with Gasteiger partial charge in [-0.2, -0.15) is 0 Å². The Kier molecular flexibility index (Phi) is 4.75. The summed E-state index contributed by atoms with van der Waals surface area (Å²) < 4.78 is 13.3. The van der Waals surface area contributed by atoms with E-state index in [0.717, 1.165) is 25.2 Å². The van der Waals surface area contributed by atoms with E-state index in [1.165, 1.54) is 6.07 Å². The fraction of sp³-hybridized carbons (Fsp3) is 0.538. The second-order valence-corrected chi connectivity index (χ2v) is 4.74. The van der Waals surface area contributed by atoms with Gasteiger partial charge in [0.15, 0.2) is 0 Å². The predicted molar refractivity (Wildman–Crippen MR) is 72.0 cm³/mol. The molecule has 0 atom stereocenters. The molecule has 0 bridgehead atoms. The number of halogens is 1. The van der Waals surface area contributed by atoms with E-state index in [-0.39, 0.29) is 5.82 Å². The SMILES string of the molecule is Cc1cc(N(C)CCCN(C)C)c(N)cc1F. The van der Waals surface area contributed by atoms with Crippen LogP contribution in [0.1, 0.15) is 12.0 Å². The highest BCUT2D eigenvalue weighted by atomic mass is 19.1. The van der Waals surface area contributed by atoms with Gasteiger partial charge in [-0.1, -0.05) is 0 Å². The van der Waals surface area contributed by atoms with Crippen molar-refractivity contribution in [3.05, 3.63) is 23.5 Å². The average molecular weight is 239 g/mol. The van der Waals surface area contributed by atoms with E-state index in [9.17, 15) is 4.39 Å². The molecule has 0 fully saturated rings. The molecule has 0 aromatic heterocycles. The Labute approximate surface area is 103 Å². The summed E-state index contributed by atoms with van der Waals surface area (Å²) in [5, 5.41) is 0. The summed E-state index contributed by atoms with van der Waals surface area (Å²) in [4.78, 5) is 4.22. The Bertz CT molecular complexity index is 377. The largest absolute Gasteiger partial charge is 0.397 e. The Morgan fingerprint density at radius 2 is 1.82 bits per heavy atom. The molecule has 17 heavy (non-hydrogen) atoms. The minimum atomic E-state index is -0.243. The van der Waals surface area contributed by atoms with Crippen LogP contribution in [0.4, 0.5) is 15.8 Å². The summed E-state index contributed by atoms with van der Waals surface area (Å²) in [6.45, 7) is 3.70. The highest BCUT2D eigenvalue weighted by Gasteiger charge is 2.08. The number of nitrogens with two attached hydrogens (primary N) is 1. The maximum Gasteiger partial charge on any atom is 0.128 e. The Morgan fingerprint density at radius 1 is 1.18 bits per heavy atom. The second-order valence-electron chi connectivity index (χ2n) is 4.74. The zero-order valence-electron chi connectivity index (χ0n) is 11.1. The first-order chi connectivity index (χ1) is 7.91. The van der Waals surface area contributed by atoms with Gasteiger partial charge in [-0.3, -0.25) is 0 Å². The molecule has 0 radical (unpaired) electrons. The van der Waals surface area contributed by atoms with Gasteiger partial charge in [0, 0.05) is 13.6 Å². The van der Waals surface area contributed by atoms with Crippen molar-refractivity contribution in [2.45, 2.75) is 13.3 Å². The zero-order valence-corrected chi connectivity index (χ0v) is 11.1. The van der Waals surface area contributed by atoms with Crippen molar-refractivity contribution in [1.29, 1.82) is 0 Å². The highest BCUT2D eigenvalue weighted by Crippen LogP contribution is 2.25. The van der Waals surface area contributed by atoms with Gasteiger partial charge in [0.05, 0.1) is 11.4 Å². The van der Waals surface area contributed by atoms with Crippen molar-refractivity contribution in [3.63, 3.8) is 0 Å². The van der Waals surface area contributed by atoms with E-state index in [0.29, 0.717) is 11.3 Å². The van der Waals surface area contributed by atoms with E-state index in [1.807, 2.05) is 7.05 Å². The molecule has 0 spiro atoms. The molecule has 0 saturated carbocycles. The zero-order chi connectivity index (χ0) is 13.0. The summed E-state index contributed by atoms with van der Waals surface area (Å²) in [5.74, 6) is -0.243. The summed E-state index contributed by atoms with van der Waals surface area (Å²) in [5.41, 5.74) is 7.87. The van der Waals surface area contributed by atoms with Crippen LogP contribution in [0.5, 0.6) is 0 Å². The number of hydrogen-bond acceptors (Lipinski definition) is 3. The first-order valence-electron chi connectivity index (χ1n) is 5.83. The Hall–Kier alpha value is -1.29. The topological polar surface area (TPSA) is 32.5 Å². The molecule has 0 heterocycles. The van der Waals surface area contributed by atoms with Crippen molar-refractivity contribution in [2.75, 3.05) is 44.9 Å². The monoisotopic (exact) mass is 239 g/mol. The summed E-state index contributed by atoms with van der Waals surface area (Å²) in [7, 11) is 6.09. The number of nitrogens with zero attached hydrogens (tertiary/aromatic N) is 2. The van der Waals surface area contributed by atoms with Crippen molar-refractivity contribution in [1.82, 2.24) is 4.90 Å². The van der Waals surface area contributed by atoms with Gasteiger partial charge in [0.25, 0.3) is 0 Å². The van der Waals surface area contributed by atoms with Crippen LogP contribution in [0.2, 0.25) is 0 Å².